The fourth-order valence-electron chi connectivity index (χ4n) is 1.53. The summed E-state index contributed by atoms with van der Waals surface area (Å²) in [5, 5.41) is 6.02. The third-order valence-corrected chi connectivity index (χ3v) is 3.06. The summed E-state index contributed by atoms with van der Waals surface area (Å²) in [6.45, 7) is 0. The normalized spacial score (nSPS) is 10.8. The molecule has 0 bridgehead atoms. The van der Waals surface area contributed by atoms with Crippen LogP contribution in [0.3, 0.4) is 0 Å². The molecule has 0 fully saturated rings. The minimum atomic E-state index is -0.304. The molecule has 4 nitrogen and oxygen atoms in total. The third-order valence-electron chi connectivity index (χ3n) is 2.24. The highest BCUT2D eigenvalue weighted by Crippen LogP contribution is 2.22. The van der Waals surface area contributed by atoms with Gasteiger partial charge in [0.25, 0.3) is 5.56 Å². The van der Waals surface area contributed by atoms with Gasteiger partial charge in [-0.05, 0) is 0 Å². The lowest BCUT2D eigenvalue weighted by molar-refractivity contribution is 0.906. The zero-order chi connectivity index (χ0) is 11.0. The van der Waals surface area contributed by atoms with E-state index < -0.39 is 0 Å². The molecule has 0 N–H and O–H groups in total. The molecule has 78 valence electrons. The molecule has 1 aromatic carbocycles. The van der Waals surface area contributed by atoms with E-state index in [-0.39, 0.29) is 5.56 Å². The van der Waals surface area contributed by atoms with Crippen LogP contribution in [-0.2, 0) is 0 Å². The molecule has 2 aromatic heterocycles. The van der Waals surface area contributed by atoms with E-state index >= 15 is 0 Å². The average Bonchev–Trinajstić information content (AvgIpc) is 2.73. The van der Waals surface area contributed by atoms with Crippen molar-refractivity contribution in [3.63, 3.8) is 0 Å². The van der Waals surface area contributed by atoms with Gasteiger partial charge in [-0.15, -0.1) is 11.3 Å². The number of thiazole rings is 1. The molecule has 0 radical (unpaired) electrons. The van der Waals surface area contributed by atoms with Crippen LogP contribution in [0.25, 0.3) is 16.2 Å². The van der Waals surface area contributed by atoms with Gasteiger partial charge in [0.2, 0.25) is 4.96 Å². The first-order chi connectivity index (χ1) is 7.84. The van der Waals surface area contributed by atoms with Crippen molar-refractivity contribution in [2.45, 2.75) is 0 Å². The van der Waals surface area contributed by atoms with Crippen LogP contribution >= 0.6 is 11.3 Å². The van der Waals surface area contributed by atoms with Gasteiger partial charge in [0.1, 0.15) is 6.20 Å². The van der Waals surface area contributed by atoms with E-state index in [1.807, 2.05) is 35.7 Å². The van der Waals surface area contributed by atoms with Crippen molar-refractivity contribution in [1.29, 1.82) is 0 Å². The van der Waals surface area contributed by atoms with Crippen molar-refractivity contribution in [2.75, 3.05) is 0 Å². The number of hydrogen-bond acceptors (Lipinski definition) is 4. The molecule has 3 aromatic rings. The third kappa shape index (κ3) is 1.42. The number of rotatable bonds is 1. The maximum atomic E-state index is 11.0. The summed E-state index contributed by atoms with van der Waals surface area (Å²) in [7, 11) is 0. The largest absolute Gasteiger partial charge is 0.292 e. The van der Waals surface area contributed by atoms with Crippen molar-refractivity contribution in [3.05, 3.63) is 52.3 Å². The lowest BCUT2D eigenvalue weighted by Crippen LogP contribution is -2.08. The molecule has 0 saturated carbocycles. The SMILES string of the molecule is O=c1cnn2c(-c3ccccc3)csc2n1. The van der Waals surface area contributed by atoms with Crippen LogP contribution in [0.5, 0.6) is 0 Å². The number of fused-ring (bicyclic) bond motifs is 1. The second-order valence-corrected chi connectivity index (χ2v) is 4.11. The molecule has 5 heteroatoms. The van der Waals surface area contributed by atoms with Gasteiger partial charge in [-0.2, -0.15) is 10.1 Å². The summed E-state index contributed by atoms with van der Waals surface area (Å²) >= 11 is 1.41. The van der Waals surface area contributed by atoms with Crippen LogP contribution in [0, 0.1) is 0 Å². The fraction of sp³-hybridized carbons (Fsp3) is 0. The van der Waals surface area contributed by atoms with Crippen molar-refractivity contribution < 1.29 is 0 Å². The first kappa shape index (κ1) is 9.23. The lowest BCUT2D eigenvalue weighted by Gasteiger charge is -1.98. The Morgan fingerprint density at radius 3 is 2.81 bits per heavy atom. The highest BCUT2D eigenvalue weighted by atomic mass is 32.1. The number of hydrogen-bond donors (Lipinski definition) is 0. The van der Waals surface area contributed by atoms with Crippen molar-refractivity contribution >= 4 is 16.3 Å². The minimum Gasteiger partial charge on any atom is -0.266 e. The maximum Gasteiger partial charge on any atom is 0.292 e. The van der Waals surface area contributed by atoms with Gasteiger partial charge in [-0.3, -0.25) is 4.79 Å². The van der Waals surface area contributed by atoms with E-state index in [4.69, 9.17) is 0 Å². The molecular weight excluding hydrogens is 222 g/mol. The zero-order valence-corrected chi connectivity index (χ0v) is 9.02. The smallest absolute Gasteiger partial charge is 0.266 e. The van der Waals surface area contributed by atoms with E-state index in [0.717, 1.165) is 11.3 Å². The summed E-state index contributed by atoms with van der Waals surface area (Å²) in [5.41, 5.74) is 1.71. The Kier molecular flexibility index (Phi) is 2.04. The van der Waals surface area contributed by atoms with Crippen molar-refractivity contribution in [1.82, 2.24) is 14.6 Å². The maximum absolute atomic E-state index is 11.0. The van der Waals surface area contributed by atoms with Gasteiger partial charge >= 0.3 is 0 Å². The lowest BCUT2D eigenvalue weighted by atomic mass is 10.2. The number of benzene rings is 1. The second-order valence-electron chi connectivity index (χ2n) is 3.28. The topological polar surface area (TPSA) is 47.3 Å². The van der Waals surface area contributed by atoms with Gasteiger partial charge in [0.05, 0.1) is 5.69 Å². The summed E-state index contributed by atoms with van der Waals surface area (Å²) in [5.74, 6) is 0. The van der Waals surface area contributed by atoms with Crippen molar-refractivity contribution in [2.24, 2.45) is 0 Å². The molecular formula is C11H7N3OS. The quantitative estimate of drug-likeness (QED) is 0.639. The monoisotopic (exact) mass is 229 g/mol. The highest BCUT2D eigenvalue weighted by molar-refractivity contribution is 7.15. The molecule has 0 amide bonds. The first-order valence-corrected chi connectivity index (χ1v) is 5.61. The Hall–Kier alpha value is -2.01. The van der Waals surface area contributed by atoms with Crippen LogP contribution in [0.4, 0.5) is 0 Å². The Morgan fingerprint density at radius 1 is 1.19 bits per heavy atom. The molecule has 0 saturated heterocycles. The summed E-state index contributed by atoms with van der Waals surface area (Å²) in [4.78, 5) is 15.6. The molecule has 0 aliphatic rings. The predicted octanol–water partition coefficient (Wildman–Crippen LogP) is 1.82. The first-order valence-electron chi connectivity index (χ1n) is 4.73. The van der Waals surface area contributed by atoms with E-state index in [9.17, 15) is 4.79 Å². The fourth-order valence-corrected chi connectivity index (χ4v) is 2.37. The Morgan fingerprint density at radius 2 is 2.00 bits per heavy atom. The van der Waals surface area contributed by atoms with Gasteiger partial charge in [-0.25, -0.2) is 4.52 Å². The van der Waals surface area contributed by atoms with Crippen LogP contribution in [0.15, 0.2) is 46.7 Å². The van der Waals surface area contributed by atoms with Gasteiger partial charge in [-0.1, -0.05) is 30.3 Å². The Labute approximate surface area is 94.8 Å². The zero-order valence-electron chi connectivity index (χ0n) is 8.20. The van der Waals surface area contributed by atoms with Gasteiger partial charge < -0.3 is 0 Å². The molecule has 16 heavy (non-hydrogen) atoms. The number of aromatic nitrogens is 3. The van der Waals surface area contributed by atoms with Crippen LogP contribution in [0.1, 0.15) is 0 Å². The molecule has 2 heterocycles. The van der Waals surface area contributed by atoms with Gasteiger partial charge in [0, 0.05) is 10.9 Å². The van der Waals surface area contributed by atoms with Crippen LogP contribution in [-0.4, -0.2) is 14.6 Å². The molecule has 0 aliphatic carbocycles. The molecule has 0 atom stereocenters. The Bertz CT molecular complexity index is 687. The van der Waals surface area contributed by atoms with E-state index in [2.05, 4.69) is 10.1 Å². The van der Waals surface area contributed by atoms with Crippen LogP contribution < -0.4 is 5.56 Å². The molecule has 3 rings (SSSR count). The second kappa shape index (κ2) is 3.53. The van der Waals surface area contributed by atoms with Crippen LogP contribution in [0.2, 0.25) is 0 Å². The number of nitrogens with zero attached hydrogens (tertiary/aromatic N) is 3. The van der Waals surface area contributed by atoms with E-state index in [1.54, 1.807) is 4.52 Å². The highest BCUT2D eigenvalue weighted by Gasteiger charge is 2.06. The summed E-state index contributed by atoms with van der Waals surface area (Å²) in [6, 6.07) is 9.90. The summed E-state index contributed by atoms with van der Waals surface area (Å²) < 4.78 is 1.68. The molecule has 0 spiro atoms. The minimum absolute atomic E-state index is 0.304. The predicted molar refractivity (Wildman–Crippen MR) is 62.6 cm³/mol. The van der Waals surface area contributed by atoms with E-state index in [0.29, 0.717) is 4.96 Å². The van der Waals surface area contributed by atoms with E-state index in [1.165, 1.54) is 17.5 Å². The summed E-state index contributed by atoms with van der Waals surface area (Å²) in [6.07, 6.45) is 1.23. The standard InChI is InChI=1S/C11H7N3OS/c15-10-6-12-14-9(7-16-11(14)13-10)8-4-2-1-3-5-8/h1-7H. The average molecular weight is 229 g/mol. The molecule has 0 aliphatic heterocycles. The van der Waals surface area contributed by atoms with Crippen molar-refractivity contribution in [3.8, 4) is 11.3 Å². The Balaban J connectivity index is 2.30. The molecule has 0 unspecified atom stereocenters. The van der Waals surface area contributed by atoms with Gasteiger partial charge in [0.15, 0.2) is 0 Å².